The number of nitrogens with zero attached hydrogens (tertiary/aromatic N) is 3. The lowest BCUT2D eigenvalue weighted by molar-refractivity contribution is -0.112. The summed E-state index contributed by atoms with van der Waals surface area (Å²) in [6.45, 7) is 6.20. The van der Waals surface area contributed by atoms with E-state index in [1.165, 1.54) is 24.5 Å². The third-order valence-electron chi connectivity index (χ3n) is 4.55. The third-order valence-corrected chi connectivity index (χ3v) is 5.30. The van der Waals surface area contributed by atoms with Crippen LogP contribution >= 0.6 is 11.3 Å². The highest BCUT2D eigenvalue weighted by molar-refractivity contribution is 7.15. The van der Waals surface area contributed by atoms with Crippen molar-refractivity contribution >= 4 is 28.5 Å². The molecule has 2 aromatic carbocycles. The minimum absolute atomic E-state index is 0.0739. The first-order valence-corrected chi connectivity index (χ1v) is 11.2. The molecule has 0 saturated heterocycles. The number of aryl methyl sites for hydroxylation is 1. The molecule has 0 aliphatic heterocycles. The van der Waals surface area contributed by atoms with Gasteiger partial charge < -0.3 is 14.2 Å². The van der Waals surface area contributed by atoms with Crippen LogP contribution in [-0.2, 0) is 11.2 Å². The second kappa shape index (κ2) is 12.2. The average molecular weight is 477 g/mol. The van der Waals surface area contributed by atoms with Gasteiger partial charge in [0.25, 0.3) is 5.91 Å². The van der Waals surface area contributed by atoms with Gasteiger partial charge in [-0.2, -0.15) is 5.26 Å². The van der Waals surface area contributed by atoms with E-state index in [1.54, 1.807) is 25.1 Å². The number of methoxy groups -OCH3 is 1. The lowest BCUT2D eigenvalue weighted by atomic mass is 10.1. The summed E-state index contributed by atoms with van der Waals surface area (Å²) in [5.74, 6) is 1.23. The molecule has 3 rings (SSSR count). The van der Waals surface area contributed by atoms with Gasteiger partial charge >= 0.3 is 0 Å². The van der Waals surface area contributed by atoms with Crippen LogP contribution in [-0.4, -0.2) is 36.4 Å². The Balaban J connectivity index is 1.62. The predicted octanol–water partition coefficient (Wildman–Crippen LogP) is 4.59. The molecule has 1 N–H and O–H groups in total. The molecule has 0 bridgehead atoms. The minimum Gasteiger partial charge on any atom is -0.493 e. The van der Waals surface area contributed by atoms with Crippen LogP contribution < -0.4 is 19.5 Å². The number of aromatic nitrogens is 2. The van der Waals surface area contributed by atoms with E-state index >= 15 is 0 Å². The van der Waals surface area contributed by atoms with Crippen molar-refractivity contribution in [1.29, 1.82) is 5.26 Å². The molecular weight excluding hydrogens is 452 g/mol. The summed E-state index contributed by atoms with van der Waals surface area (Å²) in [5.41, 5.74) is 1.60. The van der Waals surface area contributed by atoms with Crippen LogP contribution in [0.2, 0.25) is 0 Å². The first-order chi connectivity index (χ1) is 16.5. The van der Waals surface area contributed by atoms with Crippen LogP contribution in [0, 0.1) is 18.3 Å². The lowest BCUT2D eigenvalue weighted by Gasteiger charge is -2.13. The van der Waals surface area contributed by atoms with Crippen molar-refractivity contribution in [2.75, 3.05) is 25.6 Å². The molecular formula is C25H24N4O4S. The van der Waals surface area contributed by atoms with E-state index in [-0.39, 0.29) is 5.57 Å². The smallest absolute Gasteiger partial charge is 0.268 e. The Kier molecular flexibility index (Phi) is 8.77. The van der Waals surface area contributed by atoms with Crippen LogP contribution in [0.3, 0.4) is 0 Å². The Morgan fingerprint density at radius 3 is 2.59 bits per heavy atom. The van der Waals surface area contributed by atoms with Gasteiger partial charge in [-0.15, -0.1) is 16.8 Å². The van der Waals surface area contributed by atoms with Crippen molar-refractivity contribution in [2.24, 2.45) is 0 Å². The van der Waals surface area contributed by atoms with E-state index in [1.807, 2.05) is 36.4 Å². The number of nitrogens with one attached hydrogen (secondary N) is 1. The third kappa shape index (κ3) is 6.67. The second-order valence-electron chi connectivity index (χ2n) is 6.96. The quantitative estimate of drug-likeness (QED) is 0.187. The molecule has 1 heterocycles. The molecule has 0 saturated carbocycles. The lowest BCUT2D eigenvalue weighted by Crippen LogP contribution is -2.13. The molecule has 3 aromatic rings. The highest BCUT2D eigenvalue weighted by atomic mass is 32.1. The number of hydrogen-bond donors (Lipinski definition) is 1. The highest BCUT2D eigenvalue weighted by Gasteiger charge is 2.13. The predicted molar refractivity (Wildman–Crippen MR) is 131 cm³/mol. The first kappa shape index (κ1) is 24.5. The van der Waals surface area contributed by atoms with Gasteiger partial charge in [0, 0.05) is 0 Å². The van der Waals surface area contributed by atoms with Crippen molar-refractivity contribution in [1.82, 2.24) is 10.2 Å². The number of para-hydroxylation sites is 1. The van der Waals surface area contributed by atoms with E-state index in [4.69, 9.17) is 14.2 Å². The van der Waals surface area contributed by atoms with E-state index in [2.05, 4.69) is 22.1 Å². The molecule has 9 heteroatoms. The number of amides is 1. The highest BCUT2D eigenvalue weighted by Crippen LogP contribution is 2.29. The zero-order valence-electron chi connectivity index (χ0n) is 18.9. The molecule has 174 valence electrons. The van der Waals surface area contributed by atoms with Crippen LogP contribution in [0.1, 0.15) is 16.1 Å². The van der Waals surface area contributed by atoms with E-state index < -0.39 is 5.91 Å². The van der Waals surface area contributed by atoms with Crippen LogP contribution in [0.4, 0.5) is 5.13 Å². The maximum absolute atomic E-state index is 12.4. The molecule has 0 radical (unpaired) electrons. The van der Waals surface area contributed by atoms with Crippen molar-refractivity contribution in [3.8, 4) is 23.3 Å². The number of ether oxygens (including phenoxy) is 3. The standard InChI is InChI=1S/C25H24N4O4S/c1-4-7-19-8-5-6-9-21(19)32-12-13-33-22-11-10-18(15-23(22)31-3)14-20(16-26)24(30)27-25-29-28-17(2)34-25/h4-6,8-11,14-15H,1,7,12-13H2,2-3H3,(H,27,29,30)/b20-14+. The summed E-state index contributed by atoms with van der Waals surface area (Å²) in [4.78, 5) is 12.4. The van der Waals surface area contributed by atoms with Crippen molar-refractivity contribution in [3.05, 3.63) is 76.8 Å². The molecule has 0 unspecified atom stereocenters. The topological polar surface area (TPSA) is 106 Å². The van der Waals surface area contributed by atoms with Crippen LogP contribution in [0.5, 0.6) is 17.2 Å². The van der Waals surface area contributed by atoms with Gasteiger partial charge in [-0.05, 0) is 48.7 Å². The maximum atomic E-state index is 12.4. The number of benzene rings is 2. The van der Waals surface area contributed by atoms with Crippen molar-refractivity contribution in [3.63, 3.8) is 0 Å². The molecule has 1 aromatic heterocycles. The van der Waals surface area contributed by atoms with Gasteiger partial charge in [0.1, 0.15) is 35.6 Å². The zero-order chi connectivity index (χ0) is 24.3. The Hall–Kier alpha value is -4.16. The first-order valence-electron chi connectivity index (χ1n) is 10.4. The molecule has 8 nitrogen and oxygen atoms in total. The van der Waals surface area contributed by atoms with Gasteiger partial charge in [0.15, 0.2) is 11.5 Å². The number of anilines is 1. The van der Waals surface area contributed by atoms with Gasteiger partial charge in [0.2, 0.25) is 5.13 Å². The van der Waals surface area contributed by atoms with Crippen LogP contribution in [0.15, 0.2) is 60.7 Å². The van der Waals surface area contributed by atoms with Gasteiger partial charge in [-0.25, -0.2) is 0 Å². The summed E-state index contributed by atoms with van der Waals surface area (Å²) in [5, 5.41) is 20.7. The Bertz CT molecular complexity index is 1230. The van der Waals surface area contributed by atoms with Crippen molar-refractivity contribution in [2.45, 2.75) is 13.3 Å². The van der Waals surface area contributed by atoms with Gasteiger partial charge in [-0.3, -0.25) is 10.1 Å². The number of nitriles is 1. The SMILES string of the molecule is C=CCc1ccccc1OCCOc1ccc(/C=C(\C#N)C(=O)Nc2nnc(C)s2)cc1OC. The molecule has 0 aliphatic rings. The Morgan fingerprint density at radius 1 is 1.15 bits per heavy atom. The molecule has 0 atom stereocenters. The number of rotatable bonds is 11. The average Bonchev–Trinajstić information content (AvgIpc) is 3.26. The number of carbonyl (C=O) groups excluding carboxylic acids is 1. The molecule has 0 fully saturated rings. The van der Waals surface area contributed by atoms with E-state index in [9.17, 15) is 10.1 Å². The Labute approximate surface area is 202 Å². The van der Waals surface area contributed by atoms with E-state index in [0.717, 1.165) is 17.7 Å². The summed E-state index contributed by atoms with van der Waals surface area (Å²) < 4.78 is 17.1. The number of hydrogen-bond acceptors (Lipinski definition) is 8. The number of carbonyl (C=O) groups is 1. The largest absolute Gasteiger partial charge is 0.493 e. The molecule has 34 heavy (non-hydrogen) atoms. The Morgan fingerprint density at radius 2 is 1.91 bits per heavy atom. The summed E-state index contributed by atoms with van der Waals surface area (Å²) in [6.07, 6.45) is 4.02. The fraction of sp³-hybridized carbons (Fsp3) is 0.200. The molecule has 1 amide bonds. The second-order valence-corrected chi connectivity index (χ2v) is 8.14. The van der Waals surface area contributed by atoms with Gasteiger partial charge in [0.05, 0.1) is 7.11 Å². The van der Waals surface area contributed by atoms with E-state index in [0.29, 0.717) is 40.4 Å². The minimum atomic E-state index is -0.563. The summed E-state index contributed by atoms with van der Waals surface area (Å²) in [6, 6.07) is 14.8. The number of allylic oxidation sites excluding steroid dienone is 1. The van der Waals surface area contributed by atoms with Crippen LogP contribution in [0.25, 0.3) is 6.08 Å². The molecule has 0 aliphatic carbocycles. The summed E-state index contributed by atoms with van der Waals surface area (Å²) >= 11 is 1.23. The molecule has 0 spiro atoms. The zero-order valence-corrected chi connectivity index (χ0v) is 19.7. The monoisotopic (exact) mass is 476 g/mol. The van der Waals surface area contributed by atoms with Crippen molar-refractivity contribution < 1.29 is 19.0 Å². The fourth-order valence-corrected chi connectivity index (χ4v) is 3.58. The normalized spacial score (nSPS) is 10.8. The van der Waals surface area contributed by atoms with Gasteiger partial charge in [-0.1, -0.05) is 41.7 Å². The maximum Gasteiger partial charge on any atom is 0.268 e. The fourth-order valence-electron chi connectivity index (χ4n) is 2.99. The summed E-state index contributed by atoms with van der Waals surface area (Å²) in [7, 11) is 1.52.